The largest absolute Gasteiger partial charge is 0.482 e. The van der Waals surface area contributed by atoms with E-state index in [0.29, 0.717) is 46.7 Å². The summed E-state index contributed by atoms with van der Waals surface area (Å²) in [5, 5.41) is 1.78. The number of imidazole rings is 1. The number of nitrogens with zero attached hydrogens (tertiary/aromatic N) is 4. The number of thiazole rings is 1. The van der Waals surface area contributed by atoms with Gasteiger partial charge in [-0.2, -0.15) is 13.2 Å². The second-order valence-electron chi connectivity index (χ2n) is 8.49. The van der Waals surface area contributed by atoms with Gasteiger partial charge in [-0.25, -0.2) is 9.37 Å². The maximum atomic E-state index is 15.4. The van der Waals surface area contributed by atoms with Crippen molar-refractivity contribution in [2.24, 2.45) is 0 Å². The number of fused-ring (bicyclic) bond motifs is 3. The Morgan fingerprint density at radius 3 is 2.78 bits per heavy atom. The average molecular weight is 519 g/mol. The molecule has 4 heterocycles. The second kappa shape index (κ2) is 9.20. The van der Waals surface area contributed by atoms with Crippen LogP contribution in [0.5, 0.6) is 5.75 Å². The molecule has 0 spiro atoms. The number of ether oxygens (including phenoxy) is 1. The first-order valence-corrected chi connectivity index (χ1v) is 12.3. The number of hydrogen-bond donors (Lipinski definition) is 0. The van der Waals surface area contributed by atoms with Crippen LogP contribution in [0.4, 0.5) is 17.6 Å². The van der Waals surface area contributed by atoms with Crippen molar-refractivity contribution < 1.29 is 27.1 Å². The number of amides is 1. The molecule has 0 saturated heterocycles. The Hall–Kier alpha value is -3.47. The zero-order valence-electron chi connectivity index (χ0n) is 19.5. The fourth-order valence-electron chi connectivity index (χ4n) is 4.59. The van der Waals surface area contributed by atoms with Crippen LogP contribution in [0.3, 0.4) is 0 Å². The summed E-state index contributed by atoms with van der Waals surface area (Å²) >= 11 is 1.36. The number of alkyl halides is 3. The molecule has 1 aliphatic heterocycles. The number of carbonyl (C=O) groups excluding carboxylic acids is 1. The molecule has 1 amide bonds. The fourth-order valence-corrected chi connectivity index (χ4v) is 5.33. The molecule has 0 bridgehead atoms. The number of aryl methyl sites for hydroxylation is 2. The van der Waals surface area contributed by atoms with Crippen LogP contribution in [0.2, 0.25) is 0 Å². The first-order valence-electron chi connectivity index (χ1n) is 11.4. The molecule has 0 radical (unpaired) electrons. The summed E-state index contributed by atoms with van der Waals surface area (Å²) in [4.78, 5) is 24.4. The number of halogens is 4. The Morgan fingerprint density at radius 1 is 1.22 bits per heavy atom. The van der Waals surface area contributed by atoms with E-state index in [9.17, 15) is 18.0 Å². The van der Waals surface area contributed by atoms with E-state index >= 15 is 4.39 Å². The van der Waals surface area contributed by atoms with Crippen molar-refractivity contribution in [1.82, 2.24) is 19.3 Å². The first-order chi connectivity index (χ1) is 17.2. The van der Waals surface area contributed by atoms with Crippen LogP contribution in [-0.4, -0.2) is 38.3 Å². The van der Waals surface area contributed by atoms with Gasteiger partial charge in [-0.3, -0.25) is 14.2 Å². The van der Waals surface area contributed by atoms with Crippen LogP contribution in [-0.2, 0) is 23.8 Å². The molecule has 36 heavy (non-hydrogen) atoms. The van der Waals surface area contributed by atoms with Gasteiger partial charge in [0.05, 0.1) is 22.6 Å². The molecule has 5 rings (SSSR count). The Morgan fingerprint density at radius 2 is 2.03 bits per heavy atom. The minimum Gasteiger partial charge on any atom is -0.482 e. The molecule has 1 aromatic carbocycles. The molecule has 1 aliphatic rings. The third-order valence-electron chi connectivity index (χ3n) is 6.24. The van der Waals surface area contributed by atoms with Gasteiger partial charge < -0.3 is 9.64 Å². The number of pyridine rings is 1. The van der Waals surface area contributed by atoms with E-state index in [1.807, 2.05) is 13.8 Å². The van der Waals surface area contributed by atoms with Crippen molar-refractivity contribution >= 4 is 22.2 Å². The molecule has 3 aromatic heterocycles. The maximum absolute atomic E-state index is 15.4. The van der Waals surface area contributed by atoms with Crippen molar-refractivity contribution in [3.63, 3.8) is 0 Å². The van der Waals surface area contributed by atoms with Gasteiger partial charge in [0.15, 0.2) is 11.6 Å². The van der Waals surface area contributed by atoms with E-state index < -0.39 is 29.5 Å². The van der Waals surface area contributed by atoms with Gasteiger partial charge in [-0.05, 0) is 31.5 Å². The van der Waals surface area contributed by atoms with Gasteiger partial charge in [0.1, 0.15) is 17.6 Å². The van der Waals surface area contributed by atoms with Crippen LogP contribution in [0.25, 0.3) is 4.96 Å². The van der Waals surface area contributed by atoms with Crippen molar-refractivity contribution in [2.45, 2.75) is 38.9 Å². The summed E-state index contributed by atoms with van der Waals surface area (Å²) in [6, 6.07) is 5.55. The quantitative estimate of drug-likeness (QED) is 0.333. The number of hydrogen-bond acceptors (Lipinski definition) is 5. The smallest absolute Gasteiger partial charge is 0.419 e. The van der Waals surface area contributed by atoms with E-state index in [0.717, 1.165) is 11.8 Å². The maximum Gasteiger partial charge on any atom is 0.419 e. The zero-order valence-corrected chi connectivity index (χ0v) is 20.3. The Kier molecular flexibility index (Phi) is 6.19. The third kappa shape index (κ3) is 4.21. The topological polar surface area (TPSA) is 59.7 Å². The zero-order chi connectivity index (χ0) is 25.6. The lowest BCUT2D eigenvalue weighted by atomic mass is 9.93. The number of aromatic nitrogens is 3. The summed E-state index contributed by atoms with van der Waals surface area (Å²) in [5.41, 5.74) is 1.01. The Bertz CT molecular complexity index is 1450. The lowest BCUT2D eigenvalue weighted by Gasteiger charge is -2.36. The normalized spacial score (nSPS) is 15.8. The number of carbonyl (C=O) groups is 1. The SMILES string of the molecule is CCc1nc(C)ccc1OCC(=O)N1CCc2nc3sccn3c2C1c1cccc(C(F)(F)F)c1F. The van der Waals surface area contributed by atoms with E-state index in [-0.39, 0.29) is 18.7 Å². The molecule has 188 valence electrons. The van der Waals surface area contributed by atoms with Crippen molar-refractivity contribution in [1.29, 1.82) is 0 Å². The highest BCUT2D eigenvalue weighted by Gasteiger charge is 2.41. The number of rotatable bonds is 5. The molecule has 0 aliphatic carbocycles. The molecule has 4 aromatic rings. The monoisotopic (exact) mass is 518 g/mol. The van der Waals surface area contributed by atoms with Crippen LogP contribution in [0.1, 0.15) is 46.9 Å². The second-order valence-corrected chi connectivity index (χ2v) is 9.36. The summed E-state index contributed by atoms with van der Waals surface area (Å²) in [5.74, 6) is -1.42. The molecule has 1 unspecified atom stereocenters. The Balaban J connectivity index is 1.55. The van der Waals surface area contributed by atoms with E-state index in [2.05, 4.69) is 9.97 Å². The van der Waals surface area contributed by atoms with Crippen LogP contribution < -0.4 is 4.74 Å². The third-order valence-corrected chi connectivity index (χ3v) is 7.00. The predicted octanol–water partition coefficient (Wildman–Crippen LogP) is 5.37. The first kappa shape index (κ1) is 24.2. The lowest BCUT2D eigenvalue weighted by Crippen LogP contribution is -2.43. The fraction of sp³-hybridized carbons (Fsp3) is 0.320. The van der Waals surface area contributed by atoms with E-state index in [4.69, 9.17) is 4.74 Å². The Labute approximate surface area is 208 Å². The van der Waals surface area contributed by atoms with Crippen molar-refractivity contribution in [2.75, 3.05) is 13.2 Å². The standard InChI is InChI=1S/C25H22F4N4O2S/c1-3-17-19(8-7-14(2)30-17)35-13-20(34)32-10-9-18-23(33-11-12-36-24(33)31-18)22(32)15-5-4-6-16(21(15)26)25(27,28)29/h4-8,11-12,22H,3,9-10,13H2,1-2H3. The average Bonchev–Trinajstić information content (AvgIpc) is 3.43. The van der Waals surface area contributed by atoms with Crippen molar-refractivity contribution in [3.05, 3.63) is 81.6 Å². The number of benzene rings is 1. The molecule has 11 heteroatoms. The summed E-state index contributed by atoms with van der Waals surface area (Å²) in [7, 11) is 0. The highest BCUT2D eigenvalue weighted by molar-refractivity contribution is 7.15. The molecule has 0 saturated carbocycles. The highest BCUT2D eigenvalue weighted by Crippen LogP contribution is 2.41. The molecule has 1 atom stereocenters. The van der Waals surface area contributed by atoms with Crippen molar-refractivity contribution in [3.8, 4) is 5.75 Å². The van der Waals surface area contributed by atoms with Gasteiger partial charge in [0.2, 0.25) is 0 Å². The molecular formula is C25H22F4N4O2S. The molecule has 6 nitrogen and oxygen atoms in total. The van der Waals surface area contributed by atoms with Gasteiger partial charge in [-0.15, -0.1) is 11.3 Å². The molecular weight excluding hydrogens is 496 g/mol. The predicted molar refractivity (Wildman–Crippen MR) is 126 cm³/mol. The van der Waals surface area contributed by atoms with Gasteiger partial charge in [0.25, 0.3) is 5.91 Å². The molecule has 0 fully saturated rings. The van der Waals surface area contributed by atoms with E-state index in [1.54, 1.807) is 28.1 Å². The highest BCUT2D eigenvalue weighted by atomic mass is 32.1. The van der Waals surface area contributed by atoms with Crippen LogP contribution >= 0.6 is 11.3 Å². The van der Waals surface area contributed by atoms with Crippen LogP contribution in [0, 0.1) is 12.7 Å². The lowest BCUT2D eigenvalue weighted by molar-refractivity contribution is -0.140. The minimum atomic E-state index is -4.88. The summed E-state index contributed by atoms with van der Waals surface area (Å²) < 4.78 is 63.5. The van der Waals surface area contributed by atoms with Crippen LogP contribution in [0.15, 0.2) is 41.9 Å². The van der Waals surface area contributed by atoms with Gasteiger partial charge in [-0.1, -0.05) is 19.1 Å². The minimum absolute atomic E-state index is 0.160. The van der Waals surface area contributed by atoms with E-state index in [1.165, 1.54) is 22.3 Å². The molecule has 0 N–H and O–H groups in total. The summed E-state index contributed by atoms with van der Waals surface area (Å²) in [6.45, 7) is 3.56. The van der Waals surface area contributed by atoms with Gasteiger partial charge in [0, 0.05) is 35.8 Å². The van der Waals surface area contributed by atoms with Gasteiger partial charge >= 0.3 is 6.18 Å². The summed E-state index contributed by atoms with van der Waals surface area (Å²) in [6.07, 6.45) is -2.17.